The molecule has 1 rings (SSSR count). The van der Waals surface area contributed by atoms with E-state index in [1.54, 1.807) is 39.1 Å². The lowest BCUT2D eigenvalue weighted by Gasteiger charge is -2.20. The summed E-state index contributed by atoms with van der Waals surface area (Å²) >= 11 is 0. The number of ether oxygens (including phenoxy) is 1. The van der Waals surface area contributed by atoms with Crippen LogP contribution in [0.2, 0.25) is 0 Å². The van der Waals surface area contributed by atoms with Crippen LogP contribution in [-0.2, 0) is 4.74 Å². The number of nitriles is 1. The second-order valence-electron chi connectivity index (χ2n) is 3.99. The number of nitrogens with zero attached hydrogens (tertiary/aromatic N) is 2. The largest absolute Gasteiger partial charge is 0.443 e. The van der Waals surface area contributed by atoms with Gasteiger partial charge in [0.05, 0.1) is 0 Å². The lowest BCUT2D eigenvalue weighted by molar-refractivity contribution is 0.0613. The number of aromatic nitrogens is 1. The molecule has 0 aliphatic rings. The predicted octanol–water partition coefficient (Wildman–Crippen LogP) is 1.84. The maximum atomic E-state index is 11.3. The van der Waals surface area contributed by atoms with Crippen molar-refractivity contribution in [3.8, 4) is 6.07 Å². The Morgan fingerprint density at radius 1 is 1.60 bits per heavy atom. The van der Waals surface area contributed by atoms with Crippen molar-refractivity contribution in [2.45, 2.75) is 26.4 Å². The molecule has 0 aromatic carbocycles. The molecule has 0 atom stereocenters. The first-order valence-electron chi connectivity index (χ1n) is 4.50. The predicted molar refractivity (Wildman–Crippen MR) is 54.7 cm³/mol. The van der Waals surface area contributed by atoms with Crippen LogP contribution in [0, 0.1) is 11.3 Å². The number of hydrogen-bond donors (Lipinski definition) is 1. The molecule has 1 amide bonds. The average Bonchev–Trinajstić information content (AvgIpc) is 2.48. The van der Waals surface area contributed by atoms with Crippen molar-refractivity contribution in [1.82, 2.24) is 4.68 Å². The van der Waals surface area contributed by atoms with Crippen molar-refractivity contribution in [3.63, 3.8) is 0 Å². The lowest BCUT2D eigenvalue weighted by Crippen LogP contribution is -2.31. The fourth-order valence-corrected chi connectivity index (χ4v) is 0.969. The molecule has 5 nitrogen and oxygen atoms in total. The summed E-state index contributed by atoms with van der Waals surface area (Å²) in [7, 11) is 0. The van der Waals surface area contributed by atoms with Gasteiger partial charge in [-0.1, -0.05) is 0 Å². The zero-order valence-corrected chi connectivity index (χ0v) is 8.94. The van der Waals surface area contributed by atoms with Crippen LogP contribution in [0.4, 0.5) is 4.79 Å². The van der Waals surface area contributed by atoms with Gasteiger partial charge in [0.25, 0.3) is 0 Å². The Kier molecular flexibility index (Phi) is 3.00. The summed E-state index contributed by atoms with van der Waals surface area (Å²) in [5, 5.41) is 8.69. The van der Waals surface area contributed by atoms with Gasteiger partial charge in [-0.2, -0.15) is 5.26 Å². The Labute approximate surface area is 88.2 Å². The number of nitrogens with one attached hydrogen (secondary N) is 1. The molecule has 1 aromatic heterocycles. The summed E-state index contributed by atoms with van der Waals surface area (Å²) in [5.74, 6) is 0. The third-order valence-corrected chi connectivity index (χ3v) is 1.47. The zero-order chi connectivity index (χ0) is 11.5. The molecule has 15 heavy (non-hydrogen) atoms. The maximum Gasteiger partial charge on any atom is 0.426 e. The second kappa shape index (κ2) is 4.05. The summed E-state index contributed by atoms with van der Waals surface area (Å²) in [6, 6.07) is 5.19. The molecule has 0 spiro atoms. The van der Waals surface area contributed by atoms with Crippen molar-refractivity contribution in [2.24, 2.45) is 0 Å². The Hall–Kier alpha value is -1.96. The molecule has 0 radical (unpaired) electrons. The maximum absolute atomic E-state index is 11.3. The quantitative estimate of drug-likeness (QED) is 0.764. The average molecular weight is 207 g/mol. The van der Waals surface area contributed by atoms with Crippen molar-refractivity contribution < 1.29 is 9.53 Å². The normalized spacial score (nSPS) is 10.5. The van der Waals surface area contributed by atoms with Gasteiger partial charge in [0.15, 0.2) is 0 Å². The van der Waals surface area contributed by atoms with Gasteiger partial charge in [-0.05, 0) is 32.9 Å². The van der Waals surface area contributed by atoms with Crippen LogP contribution >= 0.6 is 0 Å². The van der Waals surface area contributed by atoms with E-state index < -0.39 is 11.7 Å². The first kappa shape index (κ1) is 11.1. The molecule has 0 unspecified atom stereocenters. The van der Waals surface area contributed by atoms with Crippen LogP contribution in [0.15, 0.2) is 18.3 Å². The third-order valence-electron chi connectivity index (χ3n) is 1.47. The van der Waals surface area contributed by atoms with Gasteiger partial charge < -0.3 is 4.74 Å². The van der Waals surface area contributed by atoms with E-state index >= 15 is 0 Å². The van der Waals surface area contributed by atoms with Crippen molar-refractivity contribution in [3.05, 3.63) is 24.0 Å². The summed E-state index contributed by atoms with van der Waals surface area (Å²) < 4.78 is 6.34. The fraction of sp³-hybridized carbons (Fsp3) is 0.400. The minimum atomic E-state index is -0.588. The molecule has 0 saturated carbocycles. The first-order valence-corrected chi connectivity index (χ1v) is 4.50. The highest BCUT2D eigenvalue weighted by molar-refractivity contribution is 5.76. The van der Waals surface area contributed by atoms with E-state index in [-0.39, 0.29) is 0 Å². The van der Waals surface area contributed by atoms with Crippen molar-refractivity contribution >= 4 is 6.09 Å². The molecule has 80 valence electrons. The molecule has 5 heteroatoms. The highest BCUT2D eigenvalue weighted by Crippen LogP contribution is 2.07. The van der Waals surface area contributed by atoms with E-state index in [1.807, 2.05) is 6.07 Å². The van der Waals surface area contributed by atoms with E-state index in [4.69, 9.17) is 10.00 Å². The standard InChI is InChI=1S/C10H13N3O2/c1-10(2,3)15-9(14)12-13-6-4-5-8(13)7-11/h4-6H,1-3H3,(H,12,14). The van der Waals surface area contributed by atoms with Gasteiger partial charge in [-0.15, -0.1) is 0 Å². The topological polar surface area (TPSA) is 67.0 Å². The lowest BCUT2D eigenvalue weighted by atomic mass is 10.2. The van der Waals surface area contributed by atoms with Crippen LogP contribution in [0.1, 0.15) is 26.5 Å². The highest BCUT2D eigenvalue weighted by Gasteiger charge is 2.16. The van der Waals surface area contributed by atoms with Gasteiger partial charge in [-0.25, -0.2) is 14.9 Å². The molecule has 0 aliphatic carbocycles. The molecule has 0 saturated heterocycles. The molecule has 1 heterocycles. The van der Waals surface area contributed by atoms with Gasteiger partial charge in [-0.3, -0.25) is 0 Å². The smallest absolute Gasteiger partial charge is 0.426 e. The molecule has 0 aliphatic heterocycles. The van der Waals surface area contributed by atoms with Gasteiger partial charge in [0, 0.05) is 6.20 Å². The number of rotatable bonds is 1. The van der Waals surface area contributed by atoms with Gasteiger partial charge >= 0.3 is 6.09 Å². The van der Waals surface area contributed by atoms with Gasteiger partial charge in [0.2, 0.25) is 0 Å². The van der Waals surface area contributed by atoms with E-state index in [1.165, 1.54) is 4.68 Å². The molecular formula is C10H13N3O2. The minimum absolute atomic E-state index is 0.348. The molecule has 0 fully saturated rings. The molecular weight excluding hydrogens is 194 g/mol. The number of carbonyl (C=O) groups excluding carboxylic acids is 1. The zero-order valence-electron chi connectivity index (χ0n) is 8.94. The molecule has 1 aromatic rings. The van der Waals surface area contributed by atoms with E-state index in [0.29, 0.717) is 5.69 Å². The first-order chi connectivity index (χ1) is 6.92. The SMILES string of the molecule is CC(C)(C)OC(=O)Nn1cccc1C#N. The Morgan fingerprint density at radius 3 is 2.80 bits per heavy atom. The third kappa shape index (κ3) is 3.35. The van der Waals surface area contributed by atoms with E-state index in [9.17, 15) is 4.79 Å². The van der Waals surface area contributed by atoms with E-state index in [0.717, 1.165) is 0 Å². The molecule has 0 bridgehead atoms. The van der Waals surface area contributed by atoms with Crippen LogP contribution in [0.25, 0.3) is 0 Å². The van der Waals surface area contributed by atoms with Crippen LogP contribution in [0.3, 0.4) is 0 Å². The monoisotopic (exact) mass is 207 g/mol. The van der Waals surface area contributed by atoms with Crippen LogP contribution < -0.4 is 5.43 Å². The fourth-order valence-electron chi connectivity index (χ4n) is 0.969. The summed E-state index contributed by atoms with van der Waals surface area (Å²) in [6.07, 6.45) is 0.984. The number of carbonyl (C=O) groups is 1. The second-order valence-corrected chi connectivity index (χ2v) is 3.99. The summed E-state index contributed by atoms with van der Waals surface area (Å²) in [5.41, 5.74) is 2.23. The Morgan fingerprint density at radius 2 is 2.27 bits per heavy atom. The minimum Gasteiger partial charge on any atom is -0.443 e. The summed E-state index contributed by atoms with van der Waals surface area (Å²) in [4.78, 5) is 11.3. The van der Waals surface area contributed by atoms with Crippen molar-refractivity contribution in [1.29, 1.82) is 5.26 Å². The summed E-state index contributed by atoms with van der Waals surface area (Å²) in [6.45, 7) is 5.31. The van der Waals surface area contributed by atoms with Gasteiger partial charge in [0.1, 0.15) is 17.4 Å². The van der Waals surface area contributed by atoms with Crippen LogP contribution in [0.5, 0.6) is 0 Å². The van der Waals surface area contributed by atoms with Crippen LogP contribution in [-0.4, -0.2) is 16.4 Å². The van der Waals surface area contributed by atoms with E-state index in [2.05, 4.69) is 5.43 Å². The number of hydrogen-bond acceptors (Lipinski definition) is 3. The van der Waals surface area contributed by atoms with Crippen molar-refractivity contribution in [2.75, 3.05) is 5.43 Å². The number of amides is 1. The Balaban J connectivity index is 2.64. The Bertz CT molecular complexity index is 396. The highest BCUT2D eigenvalue weighted by atomic mass is 16.6. The molecule has 1 N–H and O–H groups in total.